The lowest BCUT2D eigenvalue weighted by atomic mass is 10.0. The first-order valence-electron chi connectivity index (χ1n) is 22.0. The number of benzene rings is 5. The molecule has 0 spiro atoms. The molecule has 1 aliphatic carbocycles. The van der Waals surface area contributed by atoms with Crippen molar-refractivity contribution >= 4 is 61.9 Å². The van der Waals surface area contributed by atoms with Gasteiger partial charge in [0, 0.05) is 77.9 Å². The van der Waals surface area contributed by atoms with Crippen molar-refractivity contribution in [2.45, 2.75) is 98.3 Å². The normalized spacial score (nSPS) is 13.4. The van der Waals surface area contributed by atoms with Crippen molar-refractivity contribution in [1.82, 2.24) is 4.98 Å². The van der Waals surface area contributed by atoms with Crippen LogP contribution >= 0.6 is 0 Å². The maximum absolute atomic E-state index is 6.40. The Hall–Kier alpha value is -6.15. The minimum atomic E-state index is 0.739. The average molecular weight is 800 g/mol. The maximum Gasteiger partial charge on any atom is 0.239 e. The van der Waals surface area contributed by atoms with Crippen LogP contribution in [0.2, 0.25) is 0 Å². The Morgan fingerprint density at radius 3 is 1.87 bits per heavy atom. The van der Waals surface area contributed by atoms with Crippen molar-refractivity contribution in [3.8, 4) is 5.69 Å². The number of nitrogens with zero attached hydrogens (tertiary/aromatic N) is 3. The molecule has 0 aliphatic heterocycles. The van der Waals surface area contributed by atoms with E-state index in [-0.39, 0.29) is 0 Å². The van der Waals surface area contributed by atoms with Crippen LogP contribution in [0.5, 0.6) is 0 Å². The van der Waals surface area contributed by atoms with Crippen LogP contribution in [0.3, 0.4) is 0 Å². The Labute approximate surface area is 356 Å². The van der Waals surface area contributed by atoms with Crippen molar-refractivity contribution in [1.29, 1.82) is 0 Å². The average Bonchev–Trinajstić information content (AvgIpc) is 3.25. The molecule has 7 N–H and O–H groups in total. The molecule has 0 bridgehead atoms. The second-order valence-corrected chi connectivity index (χ2v) is 16.4. The van der Waals surface area contributed by atoms with Crippen LogP contribution in [0.25, 0.3) is 27.8 Å². The van der Waals surface area contributed by atoms with E-state index < -0.39 is 0 Å². The Kier molecular flexibility index (Phi) is 14.1. The van der Waals surface area contributed by atoms with Gasteiger partial charge in [-0.25, -0.2) is 4.98 Å². The van der Waals surface area contributed by atoms with Crippen molar-refractivity contribution < 1.29 is 4.57 Å². The molecule has 1 aromatic heterocycles. The van der Waals surface area contributed by atoms with Crippen molar-refractivity contribution in [3.63, 3.8) is 0 Å². The Balaban J connectivity index is 0.816. The highest BCUT2D eigenvalue weighted by molar-refractivity contribution is 6.01. The van der Waals surface area contributed by atoms with Gasteiger partial charge in [0.2, 0.25) is 16.7 Å². The summed E-state index contributed by atoms with van der Waals surface area (Å²) in [5.74, 6) is 0. The lowest BCUT2D eigenvalue weighted by Gasteiger charge is -2.18. The third kappa shape index (κ3) is 10.5. The zero-order valence-corrected chi connectivity index (χ0v) is 36.1. The van der Waals surface area contributed by atoms with E-state index in [1.54, 1.807) is 0 Å². The molecule has 0 amide bonds. The molecule has 0 radical (unpaired) electrons. The van der Waals surface area contributed by atoms with E-state index in [0.29, 0.717) is 0 Å². The Morgan fingerprint density at radius 1 is 0.633 bits per heavy atom. The smallest absolute Gasteiger partial charge is 0.239 e. The first-order chi connectivity index (χ1) is 29.2. The molecule has 5 aromatic carbocycles. The highest BCUT2D eigenvalue weighted by Crippen LogP contribution is 2.37. The molecule has 0 fully saturated rings. The van der Waals surface area contributed by atoms with E-state index in [1.807, 2.05) is 19.9 Å². The number of para-hydroxylation sites is 2. The van der Waals surface area contributed by atoms with E-state index >= 15 is 0 Å². The first kappa shape index (κ1) is 42.0. The molecule has 0 saturated heterocycles. The first-order valence-corrected chi connectivity index (χ1v) is 22.0. The Morgan fingerprint density at radius 2 is 1.22 bits per heavy atom. The number of unbranched alkanes of at least 4 members (excludes halogenated alkanes) is 9. The number of anilines is 5. The van der Waals surface area contributed by atoms with Crippen LogP contribution in [0.4, 0.5) is 34.1 Å². The van der Waals surface area contributed by atoms with Crippen LogP contribution in [0.15, 0.2) is 125 Å². The highest BCUT2D eigenvalue weighted by atomic mass is 15.0. The van der Waals surface area contributed by atoms with Gasteiger partial charge in [0.25, 0.3) is 0 Å². The van der Waals surface area contributed by atoms with E-state index in [0.717, 1.165) is 98.2 Å². The number of nitrogens with one attached hydrogen (secondary N) is 3. The lowest BCUT2D eigenvalue weighted by molar-refractivity contribution is -0.538. The zero-order valence-electron chi connectivity index (χ0n) is 36.1. The predicted octanol–water partition coefficient (Wildman–Crippen LogP) is 12.6. The third-order valence-corrected chi connectivity index (χ3v) is 11.8. The van der Waals surface area contributed by atoms with Crippen LogP contribution in [0, 0.1) is 20.8 Å². The number of aromatic nitrogens is 2. The summed E-state index contributed by atoms with van der Waals surface area (Å²) >= 11 is 0. The molecule has 8 nitrogen and oxygen atoms in total. The molecule has 0 atom stereocenters. The molecular formula is C52H63N8+. The van der Waals surface area contributed by atoms with Gasteiger partial charge in [-0.15, -0.1) is 4.57 Å². The van der Waals surface area contributed by atoms with E-state index in [9.17, 15) is 0 Å². The van der Waals surface area contributed by atoms with Gasteiger partial charge >= 0.3 is 0 Å². The number of aliphatic imine (C=N–C) groups is 1. The predicted molar refractivity (Wildman–Crippen MR) is 256 cm³/mol. The van der Waals surface area contributed by atoms with Crippen LogP contribution in [-0.2, 0) is 0 Å². The largest absolute Gasteiger partial charge is 0.399 e. The van der Waals surface area contributed by atoms with Crippen LogP contribution in [0.1, 0.15) is 94.2 Å². The number of nitrogen functional groups attached to an aromatic ring is 1. The maximum atomic E-state index is 6.40. The topological polar surface area (TPSA) is 117 Å². The number of hydrogen-bond acceptors (Lipinski definition) is 7. The summed E-state index contributed by atoms with van der Waals surface area (Å²) in [5.41, 5.74) is 30.1. The fourth-order valence-corrected chi connectivity index (χ4v) is 8.14. The summed E-state index contributed by atoms with van der Waals surface area (Å²) in [7, 11) is 0. The number of hydrogen-bond donors (Lipinski definition) is 5. The molecule has 0 unspecified atom stereocenters. The summed E-state index contributed by atoms with van der Waals surface area (Å²) in [5, 5.41) is 11.1. The second kappa shape index (κ2) is 20.2. The molecule has 0 saturated carbocycles. The molecular weight excluding hydrogens is 737 g/mol. The van der Waals surface area contributed by atoms with Gasteiger partial charge in [-0.3, -0.25) is 4.99 Å². The summed E-state index contributed by atoms with van der Waals surface area (Å²) in [6.45, 7) is 10.4. The summed E-state index contributed by atoms with van der Waals surface area (Å²) in [4.78, 5) is 10.1. The quantitative estimate of drug-likeness (QED) is 0.0241. The van der Waals surface area contributed by atoms with Crippen LogP contribution in [-0.4, -0.2) is 23.8 Å². The van der Waals surface area contributed by atoms with Gasteiger partial charge in [0.1, 0.15) is 11.0 Å². The molecule has 8 heteroatoms. The van der Waals surface area contributed by atoms with Gasteiger partial charge < -0.3 is 27.4 Å². The fourth-order valence-electron chi connectivity index (χ4n) is 8.14. The number of nitrogens with two attached hydrogens (primary N) is 2. The number of rotatable bonds is 19. The molecule has 310 valence electrons. The fraction of sp³-hybridized carbons (Fsp3) is 0.327. The number of allylic oxidation sites excluding steroid dienone is 3. The second-order valence-electron chi connectivity index (χ2n) is 16.4. The van der Waals surface area contributed by atoms with Gasteiger partial charge in [-0.2, -0.15) is 0 Å². The summed E-state index contributed by atoms with van der Waals surface area (Å²) in [6.07, 6.45) is 17.6. The van der Waals surface area contributed by atoms with E-state index in [1.165, 1.54) is 81.0 Å². The lowest BCUT2D eigenvalue weighted by Crippen LogP contribution is -2.33. The third-order valence-electron chi connectivity index (χ3n) is 11.8. The zero-order chi connectivity index (χ0) is 41.8. The van der Waals surface area contributed by atoms with Gasteiger partial charge in [0.05, 0.1) is 11.4 Å². The van der Waals surface area contributed by atoms with E-state index in [2.05, 4.69) is 138 Å². The molecule has 6 aromatic rings. The summed E-state index contributed by atoms with van der Waals surface area (Å²) < 4.78 is 2.29. The molecule has 60 heavy (non-hydrogen) atoms. The minimum absolute atomic E-state index is 0.739. The van der Waals surface area contributed by atoms with Crippen molar-refractivity contribution in [2.24, 2.45) is 10.7 Å². The monoisotopic (exact) mass is 800 g/mol. The molecule has 7 rings (SSSR count). The molecule has 1 heterocycles. The number of fused-ring (bicyclic) bond motifs is 2. The van der Waals surface area contributed by atoms with Gasteiger partial charge in [0.15, 0.2) is 0 Å². The van der Waals surface area contributed by atoms with Crippen LogP contribution < -0.4 is 32.0 Å². The van der Waals surface area contributed by atoms with Crippen molar-refractivity contribution in [2.75, 3.05) is 34.8 Å². The SMILES string of the molecule is CC1=CC(=Nc2ccc(NCCCCCCCCCCCCNc3cc4c(cc3C)nc3cc(C)c(N)cc3[n+]4-c3ccccc3)c(C)c2Nc2ccccc2)CC=C1N. The van der Waals surface area contributed by atoms with E-state index in [4.69, 9.17) is 21.4 Å². The highest BCUT2D eigenvalue weighted by Gasteiger charge is 2.22. The van der Waals surface area contributed by atoms with Crippen molar-refractivity contribution in [3.05, 3.63) is 137 Å². The molecule has 1 aliphatic rings. The van der Waals surface area contributed by atoms with Gasteiger partial charge in [-0.1, -0.05) is 93.8 Å². The minimum Gasteiger partial charge on any atom is -0.399 e. The number of aryl methyl sites for hydroxylation is 2. The standard InChI is InChI=1S/C52H62N8/c1-36-31-41(25-26-43(36)53)57-46-28-27-45(39(4)52(46)58-40-21-15-13-16-22-40)55-29-19-11-9-7-5-6-8-10-12-20-30-56-47-35-51-49(33-38(47)3)59-48-32-37(2)44(54)34-50(48)60(51)42-23-17-14-18-24-42/h13-18,21-24,26-28,31-35,55,58H,5-12,19-20,25,29-30,53H2,1-4H3,(H2,54,56)/p+1. The Bertz CT molecular complexity index is 2500. The summed E-state index contributed by atoms with van der Waals surface area (Å²) in [6, 6.07) is 33.8. The van der Waals surface area contributed by atoms with Gasteiger partial charge in [-0.05, 0) is 105 Å².